The zero-order chi connectivity index (χ0) is 43.6. The fourth-order valence-electron chi connectivity index (χ4n) is 9.51. The largest absolute Gasteiger partial charge is 0.573 e. The average molecular weight is 881 g/mol. The van der Waals surface area contributed by atoms with E-state index in [2.05, 4.69) is 29.8 Å². The van der Waals surface area contributed by atoms with Gasteiger partial charge in [-0.1, -0.05) is 12.1 Å². The summed E-state index contributed by atoms with van der Waals surface area (Å²) in [4.78, 5) is 64.3. The molecule has 0 bridgehead atoms. The number of pyridine rings is 1. The highest BCUT2D eigenvalue weighted by atomic mass is 32.2. The maximum Gasteiger partial charge on any atom is 0.255 e. The van der Waals surface area contributed by atoms with E-state index in [9.17, 15) is 28.1 Å². The molecule has 10 rings (SSSR count). The lowest BCUT2D eigenvalue weighted by atomic mass is 9.72. The number of rotatable bonds is 13. The van der Waals surface area contributed by atoms with Crippen molar-refractivity contribution in [3.05, 3.63) is 107 Å². The van der Waals surface area contributed by atoms with E-state index in [4.69, 9.17) is 4.74 Å². The lowest BCUT2D eigenvalue weighted by Crippen LogP contribution is -2.72. The maximum absolute atomic E-state index is 15.7. The van der Waals surface area contributed by atoms with Crippen molar-refractivity contribution < 1.29 is 41.6 Å². The second-order valence-electron chi connectivity index (χ2n) is 17.1. The molecule has 3 atom stereocenters. The van der Waals surface area contributed by atoms with Crippen molar-refractivity contribution in [1.29, 1.82) is 0 Å². The van der Waals surface area contributed by atoms with Crippen LogP contribution >= 0.6 is 0 Å². The van der Waals surface area contributed by atoms with E-state index in [1.807, 2.05) is 30.3 Å². The minimum atomic E-state index is -1.98. The zero-order valence-electron chi connectivity index (χ0n) is 34.0. The smallest absolute Gasteiger partial charge is 0.255 e. The summed E-state index contributed by atoms with van der Waals surface area (Å²) in [5.41, 5.74) is 3.55. The number of aromatic nitrogens is 2. The SMILES string of the molecule is O=C1CCC(N2Cc3cc(OCCCN4CC5(C4)CN(c4ccc(-c6cnc7[nH]cc(C(=O)c8c(F)ccc(N[S+]([O-])N9CCC(F)C9)c8F)c7c6)cc4)C5)ccc3C2=O)C(=O)N1. The fourth-order valence-corrected chi connectivity index (χ4v) is 10.6. The molecule has 14 nitrogen and oxygen atoms in total. The van der Waals surface area contributed by atoms with Crippen molar-refractivity contribution in [3.8, 4) is 16.9 Å². The number of halogens is 3. The summed E-state index contributed by atoms with van der Waals surface area (Å²) in [5.74, 6) is -3.43. The lowest BCUT2D eigenvalue weighted by Gasteiger charge is -2.61. The van der Waals surface area contributed by atoms with Crippen LogP contribution < -0.4 is 19.7 Å². The number of ketones is 1. The molecule has 5 aliphatic heterocycles. The molecule has 3 amide bonds. The number of benzene rings is 3. The molecule has 4 fully saturated rings. The third kappa shape index (κ3) is 7.78. The topological polar surface area (TPSA) is 166 Å². The second-order valence-corrected chi connectivity index (χ2v) is 18.3. The Kier molecular flexibility index (Phi) is 10.6. The standard InChI is InChI=1S/C45H43F3N8O6S/c46-29-12-14-55(21-29)63(61)52-36-9-8-35(47)39(40(36)48)41(58)34-19-50-42-33(34)17-27(18-49-42)26-2-4-30(5-3-26)54-24-45(25-54)22-53(23-45)13-1-15-62-31-6-7-32-28(16-31)20-56(44(32)60)37-10-11-38(57)51-43(37)59/h2-9,16-19,29,37,52H,1,10-15,20-25H2,(H,49,50)(H,51,57,59). The summed E-state index contributed by atoms with van der Waals surface area (Å²) in [7, 11) is 0. The molecule has 326 valence electrons. The number of carbonyl (C=O) groups is 4. The van der Waals surface area contributed by atoms with Crippen LogP contribution in [0.4, 0.5) is 24.5 Å². The van der Waals surface area contributed by atoms with Crippen molar-refractivity contribution >= 4 is 57.5 Å². The number of piperidine rings is 1. The fraction of sp³-hybridized carbons (Fsp3) is 0.356. The third-order valence-corrected chi connectivity index (χ3v) is 13.9. The number of hydrogen-bond donors (Lipinski definition) is 3. The van der Waals surface area contributed by atoms with Gasteiger partial charge in [0.25, 0.3) is 5.91 Å². The van der Waals surface area contributed by atoms with Crippen LogP contribution in [-0.2, 0) is 27.7 Å². The Morgan fingerprint density at radius 3 is 2.57 bits per heavy atom. The molecule has 3 aromatic carbocycles. The number of H-pyrrole nitrogens is 1. The number of hydrogen-bond acceptors (Lipinski definition) is 11. The van der Waals surface area contributed by atoms with Gasteiger partial charge in [-0.15, -0.1) is 4.31 Å². The van der Waals surface area contributed by atoms with Crippen LogP contribution in [0.2, 0.25) is 0 Å². The summed E-state index contributed by atoms with van der Waals surface area (Å²) in [6, 6.07) is 16.6. The minimum Gasteiger partial charge on any atom is -0.573 e. The Balaban J connectivity index is 0.704. The first-order valence-corrected chi connectivity index (χ1v) is 22.1. The number of imide groups is 1. The molecule has 3 unspecified atom stereocenters. The highest BCUT2D eigenvalue weighted by molar-refractivity contribution is 7.90. The molecule has 4 saturated heterocycles. The van der Waals surface area contributed by atoms with Crippen LogP contribution in [0, 0.1) is 17.0 Å². The summed E-state index contributed by atoms with van der Waals surface area (Å²) in [6.07, 6.45) is 3.48. The van der Waals surface area contributed by atoms with E-state index in [0.29, 0.717) is 47.5 Å². The zero-order valence-corrected chi connectivity index (χ0v) is 34.8. The van der Waals surface area contributed by atoms with Crippen molar-refractivity contribution in [3.63, 3.8) is 0 Å². The van der Waals surface area contributed by atoms with E-state index < -0.39 is 52.6 Å². The van der Waals surface area contributed by atoms with Gasteiger partial charge in [0.05, 0.1) is 18.7 Å². The van der Waals surface area contributed by atoms with Crippen molar-refractivity contribution in [1.82, 2.24) is 29.4 Å². The van der Waals surface area contributed by atoms with Gasteiger partial charge in [0.15, 0.2) is 17.4 Å². The first kappa shape index (κ1) is 41.1. The van der Waals surface area contributed by atoms with Gasteiger partial charge in [-0.3, -0.25) is 24.5 Å². The highest BCUT2D eigenvalue weighted by Gasteiger charge is 2.51. The quantitative estimate of drug-likeness (QED) is 0.0622. The summed E-state index contributed by atoms with van der Waals surface area (Å²) >= 11 is -1.98. The lowest BCUT2D eigenvalue weighted by molar-refractivity contribution is -0.136. The summed E-state index contributed by atoms with van der Waals surface area (Å²) in [5, 5.41) is 2.72. The molecule has 7 heterocycles. The van der Waals surface area contributed by atoms with E-state index in [1.165, 1.54) is 15.4 Å². The summed E-state index contributed by atoms with van der Waals surface area (Å²) < 4.78 is 66.9. The number of fused-ring (bicyclic) bond motifs is 2. The number of nitrogens with zero attached hydrogens (tertiary/aromatic N) is 5. The minimum absolute atomic E-state index is 0.0270. The molecule has 1 spiro atoms. The second kappa shape index (κ2) is 16.3. The number of amides is 3. The normalized spacial score (nSPS) is 21.4. The van der Waals surface area contributed by atoms with Crippen LogP contribution in [0.3, 0.4) is 0 Å². The van der Waals surface area contributed by atoms with Crippen LogP contribution in [-0.4, -0.2) is 117 Å². The number of anilines is 2. The Labute approximate surface area is 363 Å². The molecular formula is C45H43F3N8O6S. The van der Waals surface area contributed by atoms with Crippen LogP contribution in [0.1, 0.15) is 57.5 Å². The van der Waals surface area contributed by atoms with Gasteiger partial charge in [-0.05, 0) is 78.9 Å². The number of likely N-dealkylation sites (tertiary alicyclic amines) is 1. The molecule has 0 radical (unpaired) electrons. The molecule has 3 N–H and O–H groups in total. The average Bonchev–Trinajstić information content (AvgIpc) is 3.97. The molecular weight excluding hydrogens is 838 g/mol. The van der Waals surface area contributed by atoms with Crippen molar-refractivity contribution in [2.75, 3.05) is 62.0 Å². The number of alkyl halides is 1. The Morgan fingerprint density at radius 2 is 1.81 bits per heavy atom. The van der Waals surface area contributed by atoms with Gasteiger partial charge < -0.3 is 29.0 Å². The first-order valence-electron chi connectivity index (χ1n) is 21.0. The van der Waals surface area contributed by atoms with Gasteiger partial charge in [-0.25, -0.2) is 18.2 Å². The third-order valence-electron chi connectivity index (χ3n) is 12.7. The highest BCUT2D eigenvalue weighted by Crippen LogP contribution is 2.42. The van der Waals surface area contributed by atoms with Crippen LogP contribution in [0.15, 0.2) is 73.1 Å². The van der Waals surface area contributed by atoms with Gasteiger partial charge in [0.1, 0.15) is 35.1 Å². The summed E-state index contributed by atoms with van der Waals surface area (Å²) in [6.45, 7) is 5.80. The molecule has 2 aromatic heterocycles. The van der Waals surface area contributed by atoms with Crippen molar-refractivity contribution in [2.45, 2.75) is 44.4 Å². The predicted molar refractivity (Wildman–Crippen MR) is 228 cm³/mol. The monoisotopic (exact) mass is 880 g/mol. The van der Waals surface area contributed by atoms with E-state index in [-0.39, 0.29) is 54.4 Å². The van der Waals surface area contributed by atoms with Gasteiger partial charge in [-0.2, -0.15) is 4.72 Å². The molecule has 0 saturated carbocycles. The molecule has 5 aliphatic rings. The van der Waals surface area contributed by atoms with Gasteiger partial charge >= 0.3 is 0 Å². The number of carbonyl (C=O) groups excluding carboxylic acids is 4. The maximum atomic E-state index is 15.7. The molecule has 63 heavy (non-hydrogen) atoms. The van der Waals surface area contributed by atoms with Gasteiger partial charge in [0.2, 0.25) is 17.6 Å². The Hall–Kier alpha value is -5.95. The molecule has 5 aromatic rings. The number of ether oxygens (including phenoxy) is 1. The molecule has 18 heteroatoms. The van der Waals surface area contributed by atoms with E-state index >= 15 is 8.78 Å². The first-order chi connectivity index (χ1) is 30.4. The Bertz CT molecular complexity index is 2650. The van der Waals surface area contributed by atoms with Crippen LogP contribution in [0.25, 0.3) is 22.2 Å². The van der Waals surface area contributed by atoms with Crippen molar-refractivity contribution in [2.24, 2.45) is 5.41 Å². The van der Waals surface area contributed by atoms with E-state index in [1.54, 1.807) is 24.4 Å². The van der Waals surface area contributed by atoms with E-state index in [0.717, 1.165) is 68.1 Å². The van der Waals surface area contributed by atoms with Crippen LogP contribution in [0.5, 0.6) is 5.75 Å². The van der Waals surface area contributed by atoms with Gasteiger partial charge in [0, 0.05) is 97.8 Å². The molecule has 0 aliphatic carbocycles. The number of aromatic amines is 1. The number of nitrogens with one attached hydrogen (secondary N) is 3. The Morgan fingerprint density at radius 1 is 1.00 bits per heavy atom. The predicted octanol–water partition coefficient (Wildman–Crippen LogP) is 5.13.